The molecule has 13 heavy (non-hydrogen) atoms. The summed E-state index contributed by atoms with van der Waals surface area (Å²) in [6.07, 6.45) is -0.555. The number of alkyl halides is 1. The number of aliphatic hydroxyl groups is 1. The molecule has 0 aromatic heterocycles. The molecule has 1 aliphatic rings. The van der Waals surface area contributed by atoms with Crippen molar-refractivity contribution in [1.29, 1.82) is 0 Å². The average molecular weight is 189 g/mol. The Kier molecular flexibility index (Phi) is 3.30. The van der Waals surface area contributed by atoms with E-state index >= 15 is 0 Å². The summed E-state index contributed by atoms with van der Waals surface area (Å²) in [5.74, 6) is 0.565. The van der Waals surface area contributed by atoms with Crippen molar-refractivity contribution >= 4 is 0 Å². The second-order valence-corrected chi connectivity index (χ2v) is 4.73. The molecule has 1 saturated heterocycles. The van der Waals surface area contributed by atoms with Crippen LogP contribution in [0, 0.1) is 5.92 Å². The highest BCUT2D eigenvalue weighted by atomic mass is 19.1. The largest absolute Gasteiger partial charge is 0.387 e. The lowest BCUT2D eigenvalue weighted by Gasteiger charge is -2.39. The first-order valence-corrected chi connectivity index (χ1v) is 5.00. The summed E-state index contributed by atoms with van der Waals surface area (Å²) in [4.78, 5) is 2.09. The summed E-state index contributed by atoms with van der Waals surface area (Å²) < 4.78 is 13.4. The Labute approximate surface area is 79.7 Å². The summed E-state index contributed by atoms with van der Waals surface area (Å²) in [5, 5.41) is 9.59. The quantitative estimate of drug-likeness (QED) is 0.710. The van der Waals surface area contributed by atoms with Crippen LogP contribution in [-0.4, -0.2) is 41.4 Å². The van der Waals surface area contributed by atoms with Crippen LogP contribution in [0.2, 0.25) is 0 Å². The van der Waals surface area contributed by atoms with Gasteiger partial charge in [0.15, 0.2) is 0 Å². The molecule has 0 radical (unpaired) electrons. The van der Waals surface area contributed by atoms with Crippen LogP contribution in [0.15, 0.2) is 0 Å². The predicted octanol–water partition coefficient (Wildman–Crippen LogP) is 1.44. The highest BCUT2D eigenvalue weighted by molar-refractivity contribution is 4.90. The van der Waals surface area contributed by atoms with Gasteiger partial charge in [-0.2, -0.15) is 0 Å². The zero-order valence-electron chi connectivity index (χ0n) is 8.76. The van der Waals surface area contributed by atoms with Gasteiger partial charge < -0.3 is 5.11 Å². The summed E-state index contributed by atoms with van der Waals surface area (Å²) in [5.41, 5.74) is -1.10. The van der Waals surface area contributed by atoms with Crippen molar-refractivity contribution in [3.05, 3.63) is 0 Å². The van der Waals surface area contributed by atoms with Crippen LogP contribution >= 0.6 is 0 Å². The first-order valence-electron chi connectivity index (χ1n) is 5.00. The molecule has 1 aliphatic heterocycles. The molecule has 0 aromatic rings. The van der Waals surface area contributed by atoms with Crippen molar-refractivity contribution in [2.75, 3.05) is 19.6 Å². The van der Waals surface area contributed by atoms with Gasteiger partial charge in [-0.25, -0.2) is 4.39 Å². The minimum absolute atomic E-state index is 0.380. The molecule has 1 heterocycles. The monoisotopic (exact) mass is 189 g/mol. The van der Waals surface area contributed by atoms with Gasteiger partial charge in [-0.3, -0.25) is 4.90 Å². The molecule has 2 atom stereocenters. The van der Waals surface area contributed by atoms with Gasteiger partial charge >= 0.3 is 0 Å². The van der Waals surface area contributed by atoms with Crippen molar-refractivity contribution < 1.29 is 9.50 Å². The molecule has 0 aliphatic carbocycles. The van der Waals surface area contributed by atoms with Crippen LogP contribution in [0.4, 0.5) is 4.39 Å². The molecule has 1 N–H and O–H groups in total. The predicted molar refractivity (Wildman–Crippen MR) is 51.4 cm³/mol. The van der Waals surface area contributed by atoms with E-state index in [0.29, 0.717) is 18.9 Å². The normalized spacial score (nSPS) is 36.9. The van der Waals surface area contributed by atoms with Gasteiger partial charge in [0.25, 0.3) is 0 Å². The van der Waals surface area contributed by atoms with E-state index in [1.165, 1.54) is 0 Å². The standard InChI is InChI=1S/C10H20FNO/c1-8(2)6-12-5-4-10(3,13)9(11)7-12/h8-9,13H,4-7H2,1-3H3/t9-,10-/m0/s1. The minimum atomic E-state index is -1.10. The fourth-order valence-electron chi connectivity index (χ4n) is 1.74. The highest BCUT2D eigenvalue weighted by Crippen LogP contribution is 2.24. The number of hydrogen-bond donors (Lipinski definition) is 1. The first kappa shape index (κ1) is 10.9. The summed E-state index contributed by atoms with van der Waals surface area (Å²) in [6, 6.07) is 0. The van der Waals surface area contributed by atoms with E-state index in [0.717, 1.165) is 13.1 Å². The molecule has 0 unspecified atom stereocenters. The smallest absolute Gasteiger partial charge is 0.141 e. The molecular formula is C10H20FNO. The van der Waals surface area contributed by atoms with E-state index in [2.05, 4.69) is 18.7 Å². The lowest BCUT2D eigenvalue weighted by molar-refractivity contribution is -0.0727. The Morgan fingerprint density at radius 3 is 2.69 bits per heavy atom. The van der Waals surface area contributed by atoms with Crippen LogP contribution in [0.1, 0.15) is 27.2 Å². The molecule has 0 aromatic carbocycles. The van der Waals surface area contributed by atoms with Gasteiger partial charge in [0, 0.05) is 19.6 Å². The van der Waals surface area contributed by atoms with Crippen LogP contribution < -0.4 is 0 Å². The molecule has 0 amide bonds. The molecule has 78 valence electrons. The average Bonchev–Trinajstić information content (AvgIpc) is 1.97. The third kappa shape index (κ3) is 2.92. The molecular weight excluding hydrogens is 169 g/mol. The Hall–Kier alpha value is -0.150. The van der Waals surface area contributed by atoms with E-state index < -0.39 is 11.8 Å². The molecule has 3 heteroatoms. The van der Waals surface area contributed by atoms with E-state index in [-0.39, 0.29) is 0 Å². The lowest BCUT2D eigenvalue weighted by Crippen LogP contribution is -2.52. The Bertz CT molecular complexity index is 170. The highest BCUT2D eigenvalue weighted by Gasteiger charge is 2.37. The summed E-state index contributed by atoms with van der Waals surface area (Å²) in [7, 11) is 0. The fraction of sp³-hybridized carbons (Fsp3) is 1.00. The second kappa shape index (κ2) is 3.93. The third-order valence-electron chi connectivity index (χ3n) is 2.65. The van der Waals surface area contributed by atoms with Crippen LogP contribution in [0.5, 0.6) is 0 Å². The van der Waals surface area contributed by atoms with Gasteiger partial charge in [0.2, 0.25) is 0 Å². The van der Waals surface area contributed by atoms with Crippen LogP contribution in [0.25, 0.3) is 0 Å². The van der Waals surface area contributed by atoms with Gasteiger partial charge in [-0.15, -0.1) is 0 Å². The number of likely N-dealkylation sites (tertiary alicyclic amines) is 1. The van der Waals surface area contributed by atoms with Gasteiger partial charge in [-0.05, 0) is 19.3 Å². The van der Waals surface area contributed by atoms with E-state index in [1.54, 1.807) is 6.92 Å². The number of hydrogen-bond acceptors (Lipinski definition) is 2. The SMILES string of the molecule is CC(C)CN1CC[C@](C)(O)[C@@H](F)C1. The molecule has 2 nitrogen and oxygen atoms in total. The Balaban J connectivity index is 2.42. The van der Waals surface area contributed by atoms with E-state index in [9.17, 15) is 9.50 Å². The topological polar surface area (TPSA) is 23.5 Å². The third-order valence-corrected chi connectivity index (χ3v) is 2.65. The molecule has 0 spiro atoms. The molecule has 1 rings (SSSR count). The van der Waals surface area contributed by atoms with Crippen LogP contribution in [-0.2, 0) is 0 Å². The Morgan fingerprint density at radius 1 is 1.62 bits per heavy atom. The van der Waals surface area contributed by atoms with Crippen LogP contribution in [0.3, 0.4) is 0 Å². The number of halogens is 1. The molecule has 0 saturated carbocycles. The molecule has 1 fully saturated rings. The minimum Gasteiger partial charge on any atom is -0.387 e. The number of piperidine rings is 1. The van der Waals surface area contributed by atoms with Crippen molar-refractivity contribution in [3.63, 3.8) is 0 Å². The first-order chi connectivity index (χ1) is 5.92. The molecule has 0 bridgehead atoms. The summed E-state index contributed by atoms with van der Waals surface area (Å²) in [6.45, 7) is 7.96. The van der Waals surface area contributed by atoms with Crippen molar-refractivity contribution in [2.45, 2.75) is 39.0 Å². The maximum atomic E-state index is 13.4. The van der Waals surface area contributed by atoms with Gasteiger partial charge in [0.05, 0.1) is 5.60 Å². The number of nitrogens with zero attached hydrogens (tertiary/aromatic N) is 1. The second-order valence-electron chi connectivity index (χ2n) is 4.73. The van der Waals surface area contributed by atoms with Crippen molar-refractivity contribution in [2.24, 2.45) is 5.92 Å². The van der Waals surface area contributed by atoms with Crippen molar-refractivity contribution in [1.82, 2.24) is 4.90 Å². The fourth-order valence-corrected chi connectivity index (χ4v) is 1.74. The zero-order valence-corrected chi connectivity index (χ0v) is 8.76. The van der Waals surface area contributed by atoms with E-state index in [1.807, 2.05) is 0 Å². The Morgan fingerprint density at radius 2 is 2.23 bits per heavy atom. The maximum Gasteiger partial charge on any atom is 0.141 e. The maximum absolute atomic E-state index is 13.4. The van der Waals surface area contributed by atoms with Gasteiger partial charge in [0.1, 0.15) is 6.17 Å². The van der Waals surface area contributed by atoms with Gasteiger partial charge in [-0.1, -0.05) is 13.8 Å². The summed E-state index contributed by atoms with van der Waals surface area (Å²) >= 11 is 0. The van der Waals surface area contributed by atoms with Crippen molar-refractivity contribution in [3.8, 4) is 0 Å². The lowest BCUT2D eigenvalue weighted by atomic mass is 9.91. The van der Waals surface area contributed by atoms with E-state index in [4.69, 9.17) is 0 Å². The zero-order chi connectivity index (χ0) is 10.1. The number of rotatable bonds is 2.